The van der Waals surface area contributed by atoms with Gasteiger partial charge in [-0.2, -0.15) is 0 Å². The highest BCUT2D eigenvalue weighted by atomic mass is 16.5. The van der Waals surface area contributed by atoms with Gasteiger partial charge in [-0.05, 0) is 0 Å². The lowest BCUT2D eigenvalue weighted by molar-refractivity contribution is -0.0345. The monoisotopic (exact) mass is 86.0 g/mol. The molecule has 3 nitrogen and oxygen atoms in total. The van der Waals surface area contributed by atoms with E-state index in [4.69, 9.17) is 5.21 Å². The largest absolute Gasteiger partial charge is 0.371 e. The zero-order chi connectivity index (χ0) is 4.41. The minimum atomic E-state index is 0.514. The molecule has 0 radical (unpaired) electrons. The van der Waals surface area contributed by atoms with E-state index in [1.165, 1.54) is 0 Å². The summed E-state index contributed by atoms with van der Waals surface area (Å²) >= 11 is 0. The molecule has 0 saturated carbocycles. The second-order valence-electron chi connectivity index (χ2n) is 1.12. The molecule has 1 heterocycles. The maximum atomic E-state index is 8.41. The Kier molecular flexibility index (Phi) is 0.686. The van der Waals surface area contributed by atoms with Gasteiger partial charge >= 0.3 is 0 Å². The van der Waals surface area contributed by atoms with E-state index in [0.717, 1.165) is 5.06 Å². The summed E-state index contributed by atoms with van der Waals surface area (Å²) in [4.78, 5) is 0. The summed E-state index contributed by atoms with van der Waals surface area (Å²) in [7, 11) is 0. The molecule has 1 aliphatic rings. The summed E-state index contributed by atoms with van der Waals surface area (Å²) in [5.41, 5.74) is 0. The lowest BCUT2D eigenvalue weighted by Gasteiger charge is -1.99. The molecular formula is C3H6N2O. The molecule has 0 fully saturated rings. The summed E-state index contributed by atoms with van der Waals surface area (Å²) in [5.74, 6) is 0. The van der Waals surface area contributed by atoms with Crippen LogP contribution in [0.2, 0.25) is 0 Å². The van der Waals surface area contributed by atoms with Crippen molar-refractivity contribution in [3.8, 4) is 0 Å². The fraction of sp³-hybridized carbons (Fsp3) is 0.333. The predicted molar refractivity (Wildman–Crippen MR) is 20.8 cm³/mol. The van der Waals surface area contributed by atoms with Crippen LogP contribution in [-0.2, 0) is 0 Å². The quantitative estimate of drug-likeness (QED) is 0.425. The molecule has 6 heavy (non-hydrogen) atoms. The molecule has 3 heteroatoms. The van der Waals surface area contributed by atoms with Crippen LogP contribution in [-0.4, -0.2) is 16.9 Å². The first kappa shape index (κ1) is 3.49. The molecule has 0 spiro atoms. The van der Waals surface area contributed by atoms with Gasteiger partial charge in [-0.25, -0.2) is 5.06 Å². The average molecular weight is 86.1 g/mol. The highest BCUT2D eigenvalue weighted by Crippen LogP contribution is 1.84. The average Bonchev–Trinajstić information content (AvgIpc) is 1.86. The first-order chi connectivity index (χ1) is 2.89. The molecule has 0 aromatic carbocycles. The lowest BCUT2D eigenvalue weighted by atomic mass is 11.0. The van der Waals surface area contributed by atoms with Crippen molar-refractivity contribution < 1.29 is 5.21 Å². The summed E-state index contributed by atoms with van der Waals surface area (Å²) in [6.45, 7) is 0.514. The fourth-order valence-electron chi connectivity index (χ4n) is 0.338. The van der Waals surface area contributed by atoms with E-state index >= 15 is 0 Å². The van der Waals surface area contributed by atoms with Crippen molar-refractivity contribution in [1.82, 2.24) is 10.4 Å². The molecule has 0 bridgehead atoms. The van der Waals surface area contributed by atoms with E-state index in [1.807, 2.05) is 0 Å². The molecule has 34 valence electrons. The highest BCUT2D eigenvalue weighted by molar-refractivity contribution is 4.81. The standard InChI is InChI=1S/C3H6N2O/c6-5-2-1-4-3-5/h1-2,4,6H,3H2. The zero-order valence-corrected chi connectivity index (χ0v) is 3.26. The van der Waals surface area contributed by atoms with Gasteiger partial charge in [0.1, 0.15) is 6.67 Å². The minimum Gasteiger partial charge on any atom is -0.371 e. The van der Waals surface area contributed by atoms with Gasteiger partial charge in [0.15, 0.2) is 0 Å². The number of hydrogen-bond acceptors (Lipinski definition) is 3. The van der Waals surface area contributed by atoms with Crippen molar-refractivity contribution in [2.45, 2.75) is 0 Å². The van der Waals surface area contributed by atoms with Crippen molar-refractivity contribution in [2.24, 2.45) is 0 Å². The van der Waals surface area contributed by atoms with E-state index in [-0.39, 0.29) is 0 Å². The summed E-state index contributed by atoms with van der Waals surface area (Å²) < 4.78 is 0. The third-order valence-corrected chi connectivity index (χ3v) is 0.618. The van der Waals surface area contributed by atoms with Crippen molar-refractivity contribution in [1.29, 1.82) is 0 Å². The Labute approximate surface area is 35.8 Å². The van der Waals surface area contributed by atoms with Crippen molar-refractivity contribution in [3.05, 3.63) is 12.4 Å². The van der Waals surface area contributed by atoms with Gasteiger partial charge in [-0.15, -0.1) is 0 Å². The maximum absolute atomic E-state index is 8.41. The van der Waals surface area contributed by atoms with E-state index in [1.54, 1.807) is 12.4 Å². The third-order valence-electron chi connectivity index (χ3n) is 0.618. The van der Waals surface area contributed by atoms with Crippen LogP contribution in [0.15, 0.2) is 12.4 Å². The SMILES string of the molecule is ON1C=CNC1. The van der Waals surface area contributed by atoms with Crippen LogP contribution in [0.4, 0.5) is 0 Å². The van der Waals surface area contributed by atoms with Crippen LogP contribution >= 0.6 is 0 Å². The van der Waals surface area contributed by atoms with Crippen LogP contribution in [0.5, 0.6) is 0 Å². The third kappa shape index (κ3) is 0.440. The zero-order valence-electron chi connectivity index (χ0n) is 3.26. The van der Waals surface area contributed by atoms with Gasteiger partial charge in [0, 0.05) is 12.4 Å². The molecular weight excluding hydrogens is 80.0 g/mol. The van der Waals surface area contributed by atoms with Crippen LogP contribution in [0, 0.1) is 0 Å². The van der Waals surface area contributed by atoms with Crippen molar-refractivity contribution in [2.75, 3.05) is 6.67 Å². The van der Waals surface area contributed by atoms with E-state index < -0.39 is 0 Å². The van der Waals surface area contributed by atoms with Crippen LogP contribution < -0.4 is 5.32 Å². The number of nitrogens with one attached hydrogen (secondary N) is 1. The Morgan fingerprint density at radius 2 is 2.67 bits per heavy atom. The molecule has 2 N–H and O–H groups in total. The topological polar surface area (TPSA) is 35.5 Å². The molecule has 1 aliphatic heterocycles. The molecule has 0 atom stereocenters. The molecule has 0 saturated heterocycles. The first-order valence-corrected chi connectivity index (χ1v) is 1.75. The summed E-state index contributed by atoms with van der Waals surface area (Å²) in [6, 6.07) is 0. The highest BCUT2D eigenvalue weighted by Gasteiger charge is 1.92. The number of rotatable bonds is 0. The van der Waals surface area contributed by atoms with E-state index in [9.17, 15) is 0 Å². The first-order valence-electron chi connectivity index (χ1n) is 1.75. The molecule has 0 aliphatic carbocycles. The van der Waals surface area contributed by atoms with E-state index in [0.29, 0.717) is 6.67 Å². The maximum Gasteiger partial charge on any atom is 0.113 e. The van der Waals surface area contributed by atoms with Crippen molar-refractivity contribution >= 4 is 0 Å². The Balaban J connectivity index is 2.38. The Bertz CT molecular complexity index is 71.2. The van der Waals surface area contributed by atoms with E-state index in [2.05, 4.69) is 5.32 Å². The van der Waals surface area contributed by atoms with Gasteiger partial charge in [-0.3, -0.25) is 5.21 Å². The number of hydroxylamine groups is 2. The van der Waals surface area contributed by atoms with Crippen LogP contribution in [0.25, 0.3) is 0 Å². The van der Waals surface area contributed by atoms with Gasteiger partial charge in [-0.1, -0.05) is 0 Å². The number of hydrogen-bond donors (Lipinski definition) is 2. The summed E-state index contributed by atoms with van der Waals surface area (Å²) in [6.07, 6.45) is 3.24. The normalized spacial score (nSPS) is 18.5. The van der Waals surface area contributed by atoms with Gasteiger partial charge in [0.2, 0.25) is 0 Å². The Hall–Kier alpha value is -0.700. The molecule has 1 rings (SSSR count). The van der Waals surface area contributed by atoms with Crippen molar-refractivity contribution in [3.63, 3.8) is 0 Å². The molecule has 0 amide bonds. The van der Waals surface area contributed by atoms with Crippen LogP contribution in [0.3, 0.4) is 0 Å². The molecule has 0 unspecified atom stereocenters. The lowest BCUT2D eigenvalue weighted by Crippen LogP contribution is -2.15. The Morgan fingerprint density at radius 1 is 1.83 bits per heavy atom. The fourth-order valence-corrected chi connectivity index (χ4v) is 0.338. The molecule has 0 aromatic heterocycles. The van der Waals surface area contributed by atoms with Gasteiger partial charge in [0.05, 0.1) is 0 Å². The van der Waals surface area contributed by atoms with Crippen LogP contribution in [0.1, 0.15) is 0 Å². The summed E-state index contributed by atoms with van der Waals surface area (Å²) in [5, 5.41) is 12.2. The predicted octanol–water partition coefficient (Wildman–Crippen LogP) is -0.291. The second kappa shape index (κ2) is 1.18. The minimum absolute atomic E-state index is 0.514. The second-order valence-corrected chi connectivity index (χ2v) is 1.12. The molecule has 0 aromatic rings. The Morgan fingerprint density at radius 3 is 2.83 bits per heavy atom. The number of nitrogens with zero attached hydrogens (tertiary/aromatic N) is 1. The van der Waals surface area contributed by atoms with Gasteiger partial charge < -0.3 is 5.32 Å². The van der Waals surface area contributed by atoms with Gasteiger partial charge in [0.25, 0.3) is 0 Å². The smallest absolute Gasteiger partial charge is 0.113 e.